The van der Waals surface area contributed by atoms with Crippen LogP contribution in [0, 0.1) is 11.8 Å². The Hall–Kier alpha value is -1.14. The molecule has 1 unspecified atom stereocenters. The predicted octanol–water partition coefficient (Wildman–Crippen LogP) is 3.37. The maximum atomic E-state index is 10.5. The molecule has 0 bridgehead atoms. The molecule has 2 saturated carbocycles. The van der Waals surface area contributed by atoms with Crippen molar-refractivity contribution < 1.29 is 19.8 Å². The van der Waals surface area contributed by atoms with Crippen LogP contribution in [0.5, 0.6) is 0 Å². The third-order valence-electron chi connectivity index (χ3n) is 5.07. The van der Waals surface area contributed by atoms with E-state index in [1.54, 1.807) is 0 Å². The maximum Gasteiger partial charge on any atom is 0.320 e. The Kier molecular flexibility index (Phi) is 13.4. The number of hydrogen-bond acceptors (Lipinski definition) is 4. The second-order valence-electron chi connectivity index (χ2n) is 6.95. The third kappa shape index (κ3) is 10.4. The molecule has 2 rings (SSSR count). The first-order chi connectivity index (χ1) is 11.9. The number of rotatable bonds is 5. The SMILES string of the molecule is CC.NC(C(=O)O)C1CCCCC1.N[C@@H](CC1CCCCC1)C(=O)O. The van der Waals surface area contributed by atoms with Gasteiger partial charge in [-0.2, -0.15) is 0 Å². The Morgan fingerprint density at radius 3 is 1.68 bits per heavy atom. The van der Waals surface area contributed by atoms with Gasteiger partial charge in [0.1, 0.15) is 12.1 Å². The van der Waals surface area contributed by atoms with Gasteiger partial charge in [0.15, 0.2) is 0 Å². The molecule has 6 nitrogen and oxygen atoms in total. The van der Waals surface area contributed by atoms with Crippen LogP contribution in [0.2, 0.25) is 0 Å². The minimum Gasteiger partial charge on any atom is -0.480 e. The van der Waals surface area contributed by atoms with Crippen molar-refractivity contribution in [1.29, 1.82) is 0 Å². The number of aliphatic carboxylic acids is 2. The van der Waals surface area contributed by atoms with Crippen LogP contribution in [0.1, 0.15) is 84.5 Å². The molecule has 0 heterocycles. The van der Waals surface area contributed by atoms with Gasteiger partial charge in [-0.05, 0) is 31.1 Å². The average Bonchev–Trinajstić information content (AvgIpc) is 2.64. The fraction of sp³-hybridized carbons (Fsp3) is 0.895. The molecule has 2 aliphatic carbocycles. The highest BCUT2D eigenvalue weighted by molar-refractivity contribution is 5.73. The molecule has 148 valence electrons. The van der Waals surface area contributed by atoms with Gasteiger partial charge in [-0.15, -0.1) is 0 Å². The summed E-state index contributed by atoms with van der Waals surface area (Å²) < 4.78 is 0. The molecule has 2 fully saturated rings. The second-order valence-corrected chi connectivity index (χ2v) is 6.95. The van der Waals surface area contributed by atoms with E-state index in [0.29, 0.717) is 12.3 Å². The monoisotopic (exact) mass is 358 g/mol. The van der Waals surface area contributed by atoms with E-state index in [1.165, 1.54) is 38.5 Å². The molecule has 0 spiro atoms. The first-order valence-electron chi connectivity index (χ1n) is 9.88. The van der Waals surface area contributed by atoms with E-state index in [4.69, 9.17) is 21.7 Å². The van der Waals surface area contributed by atoms with Crippen LogP contribution in [0.4, 0.5) is 0 Å². The van der Waals surface area contributed by atoms with Crippen molar-refractivity contribution in [2.45, 2.75) is 96.6 Å². The van der Waals surface area contributed by atoms with Crippen LogP contribution < -0.4 is 11.5 Å². The van der Waals surface area contributed by atoms with Crippen molar-refractivity contribution in [3.63, 3.8) is 0 Å². The molecule has 0 aliphatic heterocycles. The quantitative estimate of drug-likeness (QED) is 0.597. The van der Waals surface area contributed by atoms with Crippen LogP contribution in [-0.4, -0.2) is 34.2 Å². The normalized spacial score (nSPS) is 21.0. The zero-order chi connectivity index (χ0) is 19.2. The molecular weight excluding hydrogens is 320 g/mol. The smallest absolute Gasteiger partial charge is 0.320 e. The fourth-order valence-corrected chi connectivity index (χ4v) is 3.58. The van der Waals surface area contributed by atoms with Gasteiger partial charge < -0.3 is 21.7 Å². The summed E-state index contributed by atoms with van der Waals surface area (Å²) in [6, 6.07) is -1.27. The molecule has 0 aromatic rings. The Morgan fingerprint density at radius 1 is 0.840 bits per heavy atom. The van der Waals surface area contributed by atoms with Crippen molar-refractivity contribution in [3.05, 3.63) is 0 Å². The summed E-state index contributed by atoms with van der Waals surface area (Å²) in [5, 5.41) is 17.2. The van der Waals surface area contributed by atoms with Gasteiger partial charge in [0, 0.05) is 0 Å². The lowest BCUT2D eigenvalue weighted by Gasteiger charge is -2.24. The molecule has 0 amide bonds. The van der Waals surface area contributed by atoms with E-state index in [9.17, 15) is 9.59 Å². The van der Waals surface area contributed by atoms with Gasteiger partial charge in [-0.3, -0.25) is 9.59 Å². The molecule has 6 N–H and O–H groups in total. The van der Waals surface area contributed by atoms with Crippen LogP contribution >= 0.6 is 0 Å². The molecule has 0 saturated heterocycles. The highest BCUT2D eigenvalue weighted by Crippen LogP contribution is 2.27. The van der Waals surface area contributed by atoms with E-state index in [-0.39, 0.29) is 5.92 Å². The van der Waals surface area contributed by atoms with Gasteiger partial charge in [-0.25, -0.2) is 0 Å². The summed E-state index contributed by atoms with van der Waals surface area (Å²) in [4.78, 5) is 20.9. The van der Waals surface area contributed by atoms with Crippen molar-refractivity contribution >= 4 is 11.9 Å². The van der Waals surface area contributed by atoms with E-state index in [0.717, 1.165) is 25.7 Å². The lowest BCUT2D eigenvalue weighted by Crippen LogP contribution is -2.38. The summed E-state index contributed by atoms with van der Waals surface area (Å²) >= 11 is 0. The Morgan fingerprint density at radius 2 is 1.28 bits per heavy atom. The predicted molar refractivity (Wildman–Crippen MR) is 100 cm³/mol. The summed E-state index contributed by atoms with van der Waals surface area (Å²) in [5.41, 5.74) is 10.9. The number of nitrogens with two attached hydrogens (primary N) is 2. The Balaban J connectivity index is 0.000000421. The largest absolute Gasteiger partial charge is 0.480 e. The van der Waals surface area contributed by atoms with Crippen LogP contribution in [-0.2, 0) is 9.59 Å². The van der Waals surface area contributed by atoms with Crippen LogP contribution in [0.3, 0.4) is 0 Å². The number of carboxylic acids is 2. The molecule has 0 aromatic heterocycles. The molecule has 0 radical (unpaired) electrons. The molecule has 25 heavy (non-hydrogen) atoms. The molecule has 2 aliphatic rings. The lowest BCUT2D eigenvalue weighted by molar-refractivity contribution is -0.140. The summed E-state index contributed by atoms with van der Waals surface area (Å²) in [6.45, 7) is 4.00. The Bertz CT molecular complexity index is 364. The highest BCUT2D eigenvalue weighted by Gasteiger charge is 2.25. The number of hydrogen-bond donors (Lipinski definition) is 4. The molecule has 0 aromatic carbocycles. The summed E-state index contributed by atoms with van der Waals surface area (Å²) in [7, 11) is 0. The van der Waals surface area contributed by atoms with Gasteiger partial charge >= 0.3 is 11.9 Å². The minimum atomic E-state index is -0.861. The van der Waals surface area contributed by atoms with Crippen molar-refractivity contribution in [2.75, 3.05) is 0 Å². The zero-order valence-corrected chi connectivity index (χ0v) is 16.0. The summed E-state index contributed by atoms with van der Waals surface area (Å²) in [5.74, 6) is -0.927. The van der Waals surface area contributed by atoms with Crippen LogP contribution in [0.15, 0.2) is 0 Å². The second kappa shape index (κ2) is 14.1. The standard InChI is InChI=1S/C9H17NO2.C8H15NO2.C2H6/c10-8(9(11)12)6-7-4-2-1-3-5-7;9-7(8(10)11)6-4-2-1-3-5-6;1-2/h7-8H,1-6,10H2,(H,11,12);6-7H,1-5,9H2,(H,10,11);1-2H3/t8-;;/m0../s1. The first-order valence-corrected chi connectivity index (χ1v) is 9.88. The average molecular weight is 359 g/mol. The van der Waals surface area contributed by atoms with Gasteiger partial charge in [0.05, 0.1) is 0 Å². The third-order valence-corrected chi connectivity index (χ3v) is 5.07. The summed E-state index contributed by atoms with van der Waals surface area (Å²) in [6.07, 6.45) is 12.3. The zero-order valence-electron chi connectivity index (χ0n) is 16.0. The molecule has 6 heteroatoms. The van der Waals surface area contributed by atoms with Crippen molar-refractivity contribution in [1.82, 2.24) is 0 Å². The fourth-order valence-electron chi connectivity index (χ4n) is 3.58. The van der Waals surface area contributed by atoms with Crippen LogP contribution in [0.25, 0.3) is 0 Å². The van der Waals surface area contributed by atoms with Crippen molar-refractivity contribution in [3.8, 4) is 0 Å². The van der Waals surface area contributed by atoms with E-state index >= 15 is 0 Å². The van der Waals surface area contributed by atoms with Gasteiger partial charge in [0.25, 0.3) is 0 Å². The number of carbonyl (C=O) groups is 2. The minimum absolute atomic E-state index is 0.223. The van der Waals surface area contributed by atoms with Crippen molar-refractivity contribution in [2.24, 2.45) is 23.3 Å². The highest BCUT2D eigenvalue weighted by atomic mass is 16.4. The number of carboxylic acid groups (broad SMARTS) is 2. The molecule has 2 atom stereocenters. The Labute approximate surface area is 152 Å². The van der Waals surface area contributed by atoms with Gasteiger partial charge in [-0.1, -0.05) is 65.2 Å². The maximum absolute atomic E-state index is 10.5. The lowest BCUT2D eigenvalue weighted by atomic mass is 9.84. The van der Waals surface area contributed by atoms with E-state index in [2.05, 4.69) is 0 Å². The van der Waals surface area contributed by atoms with E-state index < -0.39 is 24.0 Å². The first kappa shape index (κ1) is 23.9. The molecular formula is C19H38N2O4. The van der Waals surface area contributed by atoms with Gasteiger partial charge in [0.2, 0.25) is 0 Å². The topological polar surface area (TPSA) is 127 Å². The van der Waals surface area contributed by atoms with E-state index in [1.807, 2.05) is 13.8 Å².